The third-order valence-corrected chi connectivity index (χ3v) is 5.77. The van der Waals surface area contributed by atoms with E-state index in [1.807, 2.05) is 6.07 Å². The minimum Gasteiger partial charge on any atom is -0.505 e. The van der Waals surface area contributed by atoms with Gasteiger partial charge in [-0.25, -0.2) is 22.9 Å². The fourth-order valence-corrected chi connectivity index (χ4v) is 3.69. The van der Waals surface area contributed by atoms with Crippen LogP contribution in [0.15, 0.2) is 34.4 Å². The third kappa shape index (κ3) is 4.24. The number of aromatic hydroxyl groups is 1. The molecule has 1 aliphatic rings. The van der Waals surface area contributed by atoms with Gasteiger partial charge in [0.2, 0.25) is 15.9 Å². The lowest BCUT2D eigenvalue weighted by Crippen LogP contribution is -2.44. The lowest BCUT2D eigenvalue weighted by Gasteiger charge is -2.23. The van der Waals surface area contributed by atoms with Gasteiger partial charge in [-0.3, -0.25) is 0 Å². The maximum Gasteiger partial charge on any atom is 0.342 e. The highest BCUT2D eigenvalue weighted by Gasteiger charge is 2.24. The van der Waals surface area contributed by atoms with Gasteiger partial charge < -0.3 is 15.2 Å². The number of pyridine rings is 1. The molecule has 0 aliphatic carbocycles. The number of amides is 2. The van der Waals surface area contributed by atoms with Crippen molar-refractivity contribution >= 4 is 50.7 Å². The first-order valence-corrected chi connectivity index (χ1v) is 10.2. The van der Waals surface area contributed by atoms with Crippen LogP contribution < -0.4 is 19.8 Å². The number of benzene rings is 1. The van der Waals surface area contributed by atoms with Crippen LogP contribution in [-0.4, -0.2) is 43.8 Å². The number of urea groups is 1. The molecule has 3 N–H and O–H groups in total. The lowest BCUT2D eigenvalue weighted by atomic mass is 10.3. The van der Waals surface area contributed by atoms with Crippen LogP contribution in [0.1, 0.15) is 0 Å². The zero-order valence-electron chi connectivity index (χ0n) is 15.0. The normalized spacial score (nSPS) is 14.0. The van der Waals surface area contributed by atoms with Crippen LogP contribution in [0, 0.1) is 11.3 Å². The van der Waals surface area contributed by atoms with Gasteiger partial charge in [0.1, 0.15) is 11.0 Å². The molecule has 1 aromatic heterocycles. The smallest absolute Gasteiger partial charge is 0.342 e. The Balaban J connectivity index is 1.97. The molecule has 0 saturated carbocycles. The summed E-state index contributed by atoms with van der Waals surface area (Å²) in [4.78, 5) is 15.4. The number of hydrogen-bond acceptors (Lipinski definition) is 8. The number of hydrazone groups is 1. The van der Waals surface area contributed by atoms with E-state index in [1.54, 1.807) is 0 Å². The van der Waals surface area contributed by atoms with Crippen molar-refractivity contribution in [1.82, 2.24) is 15.0 Å². The monoisotopic (exact) mass is 470 g/mol. The van der Waals surface area contributed by atoms with Crippen molar-refractivity contribution < 1.29 is 23.1 Å². The zero-order valence-corrected chi connectivity index (χ0v) is 17.4. The number of hydrogen-bond donors (Lipinski definition) is 3. The Kier molecular flexibility index (Phi) is 5.99. The summed E-state index contributed by atoms with van der Waals surface area (Å²) in [5.74, 6) is -0.861. The molecule has 0 atom stereocenters. The molecule has 2 aromatic rings. The van der Waals surface area contributed by atoms with Gasteiger partial charge in [0.05, 0.1) is 28.5 Å². The van der Waals surface area contributed by atoms with Gasteiger partial charge in [-0.05, 0) is 19.2 Å². The van der Waals surface area contributed by atoms with Crippen LogP contribution in [-0.2, 0) is 10.0 Å². The number of rotatable bonds is 5. The predicted molar refractivity (Wildman–Crippen MR) is 108 cm³/mol. The molecule has 0 fully saturated rings. The highest BCUT2D eigenvalue weighted by molar-refractivity contribution is 7.89. The zero-order chi connectivity index (χ0) is 22.1. The van der Waals surface area contributed by atoms with Crippen LogP contribution in [0.4, 0.5) is 10.5 Å². The molecule has 2 amide bonds. The van der Waals surface area contributed by atoms with Gasteiger partial charge in [-0.1, -0.05) is 23.2 Å². The summed E-state index contributed by atoms with van der Waals surface area (Å²) in [6.45, 7) is -0.00112. The molecule has 14 heteroatoms. The third-order valence-electron chi connectivity index (χ3n) is 3.76. The highest BCUT2D eigenvalue weighted by atomic mass is 35.5. The summed E-state index contributed by atoms with van der Waals surface area (Å²) in [6.07, 6.45) is 0.895. The molecule has 0 radical (unpaired) electrons. The number of nitriles is 1. The molecule has 3 rings (SSSR count). The molecule has 1 aromatic carbocycles. The number of nitrogens with zero attached hydrogens (tertiary/aromatic N) is 4. The first kappa shape index (κ1) is 21.6. The SMILES string of the molecule is CNS(=O)(=O)c1cc(Oc2c(Cl)cc(N3N=C(C#N)CNC3=O)cc2Cl)ncc1O. The van der Waals surface area contributed by atoms with Gasteiger partial charge in [-0.2, -0.15) is 15.4 Å². The van der Waals surface area contributed by atoms with Crippen molar-refractivity contribution in [3.05, 3.63) is 34.4 Å². The molecular weight excluding hydrogens is 459 g/mol. The van der Waals surface area contributed by atoms with Crippen LogP contribution in [0.3, 0.4) is 0 Å². The van der Waals surface area contributed by atoms with E-state index in [-0.39, 0.29) is 39.6 Å². The fraction of sp³-hybridized carbons (Fsp3) is 0.125. The summed E-state index contributed by atoms with van der Waals surface area (Å²) >= 11 is 12.4. The molecule has 0 saturated heterocycles. The Morgan fingerprint density at radius 2 is 2.00 bits per heavy atom. The molecule has 30 heavy (non-hydrogen) atoms. The Bertz CT molecular complexity index is 1190. The average molecular weight is 471 g/mol. The van der Waals surface area contributed by atoms with Crippen molar-refractivity contribution in [3.63, 3.8) is 0 Å². The molecule has 1 aliphatic heterocycles. The Morgan fingerprint density at radius 3 is 2.60 bits per heavy atom. The maximum absolute atomic E-state index is 12.0. The van der Waals surface area contributed by atoms with Gasteiger partial charge in [0.15, 0.2) is 17.2 Å². The largest absolute Gasteiger partial charge is 0.505 e. The predicted octanol–water partition coefficient (Wildman–Crippen LogP) is 2.20. The minimum absolute atomic E-state index is 0.00112. The van der Waals surface area contributed by atoms with E-state index in [9.17, 15) is 18.3 Å². The number of anilines is 1. The van der Waals surface area contributed by atoms with E-state index >= 15 is 0 Å². The topological polar surface area (TPSA) is 157 Å². The summed E-state index contributed by atoms with van der Waals surface area (Å²) in [6, 6.07) is 4.88. The molecule has 0 bridgehead atoms. The second-order valence-corrected chi connectivity index (χ2v) is 8.34. The number of halogens is 2. The number of aromatic nitrogens is 1. The van der Waals surface area contributed by atoms with E-state index in [0.29, 0.717) is 0 Å². The Labute approximate surface area is 180 Å². The average Bonchev–Trinajstić information content (AvgIpc) is 2.72. The van der Waals surface area contributed by atoms with Crippen molar-refractivity contribution in [3.8, 4) is 23.4 Å². The number of ether oxygens (including phenoxy) is 1. The minimum atomic E-state index is -3.98. The molecule has 0 spiro atoms. The Hall–Kier alpha value is -3.11. The molecule has 156 valence electrons. The summed E-state index contributed by atoms with van der Waals surface area (Å²) < 4.78 is 31.5. The first-order valence-electron chi connectivity index (χ1n) is 8.01. The van der Waals surface area contributed by atoms with Crippen LogP contribution in [0.2, 0.25) is 10.0 Å². The maximum atomic E-state index is 12.0. The molecule has 0 unspecified atom stereocenters. The molecular formula is C16H12Cl2N6O5S. The first-order chi connectivity index (χ1) is 14.2. The van der Waals surface area contributed by atoms with Gasteiger partial charge >= 0.3 is 6.03 Å². The van der Waals surface area contributed by atoms with Crippen LogP contribution in [0.5, 0.6) is 17.4 Å². The van der Waals surface area contributed by atoms with Crippen LogP contribution >= 0.6 is 23.2 Å². The second-order valence-electron chi connectivity index (χ2n) is 5.67. The van der Waals surface area contributed by atoms with Crippen molar-refractivity contribution in [2.75, 3.05) is 18.6 Å². The van der Waals surface area contributed by atoms with Crippen molar-refractivity contribution in [1.29, 1.82) is 5.26 Å². The van der Waals surface area contributed by atoms with Crippen molar-refractivity contribution in [2.24, 2.45) is 5.10 Å². The number of nitrogens with one attached hydrogen (secondary N) is 2. The quantitative estimate of drug-likeness (QED) is 0.603. The number of carbonyl (C=O) groups is 1. The lowest BCUT2D eigenvalue weighted by molar-refractivity contribution is 0.247. The van der Waals surface area contributed by atoms with E-state index in [0.717, 1.165) is 17.3 Å². The summed E-state index contributed by atoms with van der Waals surface area (Å²) in [7, 11) is -2.80. The van der Waals surface area contributed by atoms with E-state index < -0.39 is 26.7 Å². The van der Waals surface area contributed by atoms with E-state index in [1.165, 1.54) is 19.2 Å². The van der Waals surface area contributed by atoms with E-state index in [4.69, 9.17) is 33.2 Å². The summed E-state index contributed by atoms with van der Waals surface area (Å²) in [5.41, 5.74) is 0.244. The standard InChI is InChI=1S/C16H12Cl2N6O5S/c1-20-30(27,28)13-4-14(21-7-12(13)25)29-15-10(17)2-9(3-11(15)18)24-16(26)22-6-8(5-19)23-24/h2-4,7,20,25H,6H2,1H3,(H,22,26). The van der Waals surface area contributed by atoms with Gasteiger partial charge in [0.25, 0.3) is 0 Å². The molecule has 11 nitrogen and oxygen atoms in total. The highest BCUT2D eigenvalue weighted by Crippen LogP contribution is 2.40. The fourth-order valence-electron chi connectivity index (χ4n) is 2.34. The second kappa shape index (κ2) is 8.33. The van der Waals surface area contributed by atoms with Gasteiger partial charge in [0, 0.05) is 6.07 Å². The molecule has 2 heterocycles. The van der Waals surface area contributed by atoms with Gasteiger partial charge in [-0.15, -0.1) is 0 Å². The number of carbonyl (C=O) groups excluding carboxylic acids is 1. The number of sulfonamides is 1. The van der Waals surface area contributed by atoms with E-state index in [2.05, 4.69) is 20.1 Å². The van der Waals surface area contributed by atoms with Crippen LogP contribution in [0.25, 0.3) is 0 Å². The Morgan fingerprint density at radius 1 is 1.33 bits per heavy atom. The van der Waals surface area contributed by atoms with Crippen molar-refractivity contribution in [2.45, 2.75) is 4.90 Å². The summed E-state index contributed by atoms with van der Waals surface area (Å²) in [5, 5.41) is 25.9.